The van der Waals surface area contributed by atoms with Gasteiger partial charge in [-0.05, 0) is 0 Å². The Balaban J connectivity index is 2.47. The summed E-state index contributed by atoms with van der Waals surface area (Å²) >= 11 is 0. The van der Waals surface area contributed by atoms with Crippen LogP contribution in [0.2, 0.25) is 0 Å². The quantitative estimate of drug-likeness (QED) is 0.361. The molecule has 1 aliphatic rings. The van der Waals surface area contributed by atoms with Crippen molar-refractivity contribution in [2.75, 3.05) is 13.2 Å². The molecule has 0 aromatic heterocycles. The van der Waals surface area contributed by atoms with E-state index in [0.29, 0.717) is 0 Å². The molecule has 1 saturated heterocycles. The number of ether oxygens (including phenoxy) is 1. The van der Waals surface area contributed by atoms with Gasteiger partial charge in [0.05, 0.1) is 13.2 Å². The van der Waals surface area contributed by atoms with Crippen LogP contribution >= 0.6 is 0 Å². The van der Waals surface area contributed by atoms with Gasteiger partial charge in [0.1, 0.15) is 24.4 Å². The van der Waals surface area contributed by atoms with E-state index in [1.54, 1.807) is 0 Å². The van der Waals surface area contributed by atoms with Gasteiger partial charge in [-0.3, -0.25) is 0 Å². The fourth-order valence-electron chi connectivity index (χ4n) is 1.07. The van der Waals surface area contributed by atoms with Crippen LogP contribution in [0.3, 0.4) is 0 Å². The molecule has 0 aromatic rings. The van der Waals surface area contributed by atoms with Crippen LogP contribution in [0.5, 0.6) is 0 Å². The SMILES string of the molecule is OCC(O)[C@@H]1OC[C@@H](O)[C@H]1O. The highest BCUT2D eigenvalue weighted by molar-refractivity contribution is 4.87. The molecule has 0 saturated carbocycles. The van der Waals surface area contributed by atoms with Crippen LogP contribution < -0.4 is 0 Å². The van der Waals surface area contributed by atoms with Gasteiger partial charge < -0.3 is 25.2 Å². The van der Waals surface area contributed by atoms with E-state index in [1.807, 2.05) is 0 Å². The first-order valence-electron chi connectivity index (χ1n) is 3.43. The third kappa shape index (κ3) is 1.69. The monoisotopic (exact) mass is 164 g/mol. The van der Waals surface area contributed by atoms with Gasteiger partial charge in [-0.2, -0.15) is 0 Å². The summed E-state index contributed by atoms with van der Waals surface area (Å²) in [4.78, 5) is 0. The first-order valence-corrected chi connectivity index (χ1v) is 3.43. The highest BCUT2D eigenvalue weighted by Crippen LogP contribution is 2.16. The summed E-state index contributed by atoms with van der Waals surface area (Å²) in [6.07, 6.45) is -4.05. The topological polar surface area (TPSA) is 90.2 Å². The third-order valence-corrected chi connectivity index (χ3v) is 1.76. The van der Waals surface area contributed by atoms with Gasteiger partial charge in [0, 0.05) is 0 Å². The van der Waals surface area contributed by atoms with Crippen LogP contribution in [0.4, 0.5) is 0 Å². The Labute approximate surface area is 63.8 Å². The predicted octanol–water partition coefficient (Wildman–Crippen LogP) is -2.54. The van der Waals surface area contributed by atoms with Gasteiger partial charge in [0.2, 0.25) is 0 Å². The molecule has 0 radical (unpaired) electrons. The maximum absolute atomic E-state index is 9.11. The van der Waals surface area contributed by atoms with Gasteiger partial charge in [-0.1, -0.05) is 0 Å². The Morgan fingerprint density at radius 3 is 2.45 bits per heavy atom. The maximum Gasteiger partial charge on any atom is 0.114 e. The molecule has 66 valence electrons. The molecule has 0 bridgehead atoms. The zero-order valence-corrected chi connectivity index (χ0v) is 5.92. The van der Waals surface area contributed by atoms with Crippen molar-refractivity contribution < 1.29 is 25.2 Å². The van der Waals surface area contributed by atoms with Crippen LogP contribution in [0.25, 0.3) is 0 Å². The van der Waals surface area contributed by atoms with Crippen molar-refractivity contribution in [3.05, 3.63) is 0 Å². The number of aliphatic hydroxyl groups excluding tert-OH is 4. The first-order chi connectivity index (χ1) is 5.16. The molecule has 1 heterocycles. The second-order valence-electron chi connectivity index (χ2n) is 2.61. The minimum Gasteiger partial charge on any atom is -0.394 e. The van der Waals surface area contributed by atoms with Gasteiger partial charge >= 0.3 is 0 Å². The van der Waals surface area contributed by atoms with E-state index in [2.05, 4.69) is 0 Å². The first kappa shape index (κ1) is 8.89. The fraction of sp³-hybridized carbons (Fsp3) is 1.00. The van der Waals surface area contributed by atoms with Crippen molar-refractivity contribution in [2.45, 2.75) is 24.4 Å². The molecule has 1 fully saturated rings. The van der Waals surface area contributed by atoms with Crippen molar-refractivity contribution in [2.24, 2.45) is 0 Å². The minimum atomic E-state index is -1.12. The molecule has 1 rings (SSSR count). The summed E-state index contributed by atoms with van der Waals surface area (Å²) in [5.41, 5.74) is 0. The van der Waals surface area contributed by atoms with Crippen molar-refractivity contribution in [3.63, 3.8) is 0 Å². The van der Waals surface area contributed by atoms with Crippen LogP contribution in [-0.2, 0) is 4.74 Å². The highest BCUT2D eigenvalue weighted by atomic mass is 16.5. The fourth-order valence-corrected chi connectivity index (χ4v) is 1.07. The van der Waals surface area contributed by atoms with E-state index in [9.17, 15) is 0 Å². The lowest BCUT2D eigenvalue weighted by atomic mass is 10.1. The molecule has 1 aliphatic heterocycles. The Hall–Kier alpha value is -0.200. The summed E-state index contributed by atoms with van der Waals surface area (Å²) in [6.45, 7) is -0.475. The normalized spacial score (nSPS) is 40.9. The second-order valence-corrected chi connectivity index (χ2v) is 2.61. The molecule has 4 N–H and O–H groups in total. The third-order valence-electron chi connectivity index (χ3n) is 1.76. The second kappa shape index (κ2) is 3.46. The zero-order chi connectivity index (χ0) is 8.43. The van der Waals surface area contributed by atoms with Crippen molar-refractivity contribution in [1.29, 1.82) is 0 Å². The number of aliphatic hydroxyl groups is 4. The van der Waals surface area contributed by atoms with E-state index in [-0.39, 0.29) is 6.61 Å². The molecule has 5 nitrogen and oxygen atoms in total. The zero-order valence-electron chi connectivity index (χ0n) is 5.92. The Bertz CT molecular complexity index is 128. The standard InChI is InChI=1S/C6H12O5/c7-1-3(8)6-5(10)4(9)2-11-6/h3-10H,1-2H2/t3?,4-,5-,6+/m1/s1. The van der Waals surface area contributed by atoms with Gasteiger partial charge in [0.25, 0.3) is 0 Å². The molecule has 11 heavy (non-hydrogen) atoms. The van der Waals surface area contributed by atoms with E-state index in [4.69, 9.17) is 25.2 Å². The summed E-state index contributed by atoms with van der Waals surface area (Å²) in [7, 11) is 0. The largest absolute Gasteiger partial charge is 0.394 e. The average molecular weight is 164 g/mol. The summed E-state index contributed by atoms with van der Waals surface area (Å²) in [6, 6.07) is 0. The van der Waals surface area contributed by atoms with Crippen molar-refractivity contribution >= 4 is 0 Å². The average Bonchev–Trinajstić information content (AvgIpc) is 2.32. The van der Waals surface area contributed by atoms with Crippen molar-refractivity contribution in [1.82, 2.24) is 0 Å². The lowest BCUT2D eigenvalue weighted by molar-refractivity contribution is -0.0684. The summed E-state index contributed by atoms with van der Waals surface area (Å²) in [5.74, 6) is 0. The van der Waals surface area contributed by atoms with Crippen LogP contribution in [-0.4, -0.2) is 58.1 Å². The van der Waals surface area contributed by atoms with Crippen molar-refractivity contribution in [3.8, 4) is 0 Å². The van der Waals surface area contributed by atoms with E-state index in [1.165, 1.54) is 0 Å². The molecule has 5 heteroatoms. The highest BCUT2D eigenvalue weighted by Gasteiger charge is 2.38. The van der Waals surface area contributed by atoms with E-state index in [0.717, 1.165) is 0 Å². The van der Waals surface area contributed by atoms with Crippen LogP contribution in [0.1, 0.15) is 0 Å². The predicted molar refractivity (Wildman–Crippen MR) is 34.8 cm³/mol. The molecular formula is C6H12O5. The maximum atomic E-state index is 9.11. The van der Waals surface area contributed by atoms with Gasteiger partial charge in [-0.25, -0.2) is 0 Å². The molecule has 0 spiro atoms. The molecule has 1 unspecified atom stereocenters. The lowest BCUT2D eigenvalue weighted by Crippen LogP contribution is -2.40. The number of hydrogen-bond acceptors (Lipinski definition) is 5. The molecule has 0 aliphatic carbocycles. The van der Waals surface area contributed by atoms with Crippen LogP contribution in [0, 0.1) is 0 Å². The smallest absolute Gasteiger partial charge is 0.114 e. The summed E-state index contributed by atoms with van der Waals surface area (Å²) in [5, 5.41) is 35.5. The molecule has 4 atom stereocenters. The summed E-state index contributed by atoms with van der Waals surface area (Å²) < 4.78 is 4.82. The Kier molecular flexibility index (Phi) is 2.80. The number of rotatable bonds is 2. The lowest BCUT2D eigenvalue weighted by Gasteiger charge is -2.18. The molecule has 0 aromatic carbocycles. The molecular weight excluding hydrogens is 152 g/mol. The van der Waals surface area contributed by atoms with Crippen LogP contribution in [0.15, 0.2) is 0 Å². The number of hydrogen-bond donors (Lipinski definition) is 4. The molecule has 0 amide bonds. The Morgan fingerprint density at radius 2 is 2.09 bits per heavy atom. The van der Waals surface area contributed by atoms with Gasteiger partial charge in [-0.15, -0.1) is 0 Å². The van der Waals surface area contributed by atoms with E-state index < -0.39 is 31.0 Å². The Morgan fingerprint density at radius 1 is 1.45 bits per heavy atom. The van der Waals surface area contributed by atoms with Gasteiger partial charge in [0.15, 0.2) is 0 Å². The van der Waals surface area contributed by atoms with E-state index >= 15 is 0 Å². The minimum absolute atomic E-state index is 0.00287.